The van der Waals surface area contributed by atoms with Gasteiger partial charge in [-0.25, -0.2) is 13.8 Å². The SMILES string of the molecule is CC(O)(CNc1cnc2cc(F)c(F)cc2n1)c1ccccc1Cl. The number of nitrogens with one attached hydrogen (secondary N) is 1. The highest BCUT2D eigenvalue weighted by molar-refractivity contribution is 6.31. The molecule has 2 N–H and O–H groups in total. The maximum atomic E-state index is 13.3. The van der Waals surface area contributed by atoms with Gasteiger partial charge in [0.2, 0.25) is 0 Å². The largest absolute Gasteiger partial charge is 0.384 e. The second kappa shape index (κ2) is 6.30. The number of aliphatic hydroxyl groups is 1. The zero-order valence-corrected chi connectivity index (χ0v) is 13.5. The van der Waals surface area contributed by atoms with Crippen molar-refractivity contribution in [3.8, 4) is 0 Å². The van der Waals surface area contributed by atoms with E-state index in [-0.39, 0.29) is 17.6 Å². The highest BCUT2D eigenvalue weighted by Gasteiger charge is 2.25. The van der Waals surface area contributed by atoms with Gasteiger partial charge in [-0.05, 0) is 13.0 Å². The quantitative estimate of drug-likeness (QED) is 0.750. The van der Waals surface area contributed by atoms with Crippen LogP contribution in [-0.2, 0) is 5.60 Å². The van der Waals surface area contributed by atoms with Crippen LogP contribution in [-0.4, -0.2) is 21.6 Å². The van der Waals surface area contributed by atoms with Gasteiger partial charge in [-0.1, -0.05) is 29.8 Å². The van der Waals surface area contributed by atoms with Crippen LogP contribution in [0.1, 0.15) is 12.5 Å². The molecule has 1 aromatic heterocycles. The molecule has 7 heteroatoms. The Morgan fingerprint density at radius 3 is 2.54 bits per heavy atom. The van der Waals surface area contributed by atoms with E-state index >= 15 is 0 Å². The summed E-state index contributed by atoms with van der Waals surface area (Å²) >= 11 is 6.11. The molecule has 1 unspecified atom stereocenters. The molecular weight excluding hydrogens is 336 g/mol. The van der Waals surface area contributed by atoms with Crippen LogP contribution in [0, 0.1) is 11.6 Å². The van der Waals surface area contributed by atoms with E-state index in [0.29, 0.717) is 16.4 Å². The van der Waals surface area contributed by atoms with Crippen molar-refractivity contribution >= 4 is 28.5 Å². The van der Waals surface area contributed by atoms with E-state index in [1.54, 1.807) is 31.2 Å². The average molecular weight is 350 g/mol. The lowest BCUT2D eigenvalue weighted by molar-refractivity contribution is 0.0715. The van der Waals surface area contributed by atoms with Crippen LogP contribution < -0.4 is 5.32 Å². The van der Waals surface area contributed by atoms with Crippen LogP contribution in [0.4, 0.5) is 14.6 Å². The predicted octanol–water partition coefficient (Wildman–Crippen LogP) is 3.88. The molecule has 0 amide bonds. The minimum atomic E-state index is -1.25. The fourth-order valence-electron chi connectivity index (χ4n) is 2.35. The van der Waals surface area contributed by atoms with Crippen molar-refractivity contribution in [2.45, 2.75) is 12.5 Å². The van der Waals surface area contributed by atoms with Crippen molar-refractivity contribution in [3.05, 3.63) is 64.8 Å². The Hall–Kier alpha value is -2.31. The Morgan fingerprint density at radius 1 is 1.17 bits per heavy atom. The molecule has 4 nitrogen and oxygen atoms in total. The zero-order valence-electron chi connectivity index (χ0n) is 12.7. The molecule has 1 atom stereocenters. The van der Waals surface area contributed by atoms with E-state index in [9.17, 15) is 13.9 Å². The van der Waals surface area contributed by atoms with E-state index in [0.717, 1.165) is 12.1 Å². The second-order valence-corrected chi connectivity index (χ2v) is 6.02. The number of halogens is 3. The summed E-state index contributed by atoms with van der Waals surface area (Å²) < 4.78 is 26.5. The lowest BCUT2D eigenvalue weighted by atomic mass is 9.96. The van der Waals surface area contributed by atoms with Crippen LogP contribution in [0.25, 0.3) is 11.0 Å². The fraction of sp³-hybridized carbons (Fsp3) is 0.176. The first-order chi connectivity index (χ1) is 11.4. The Kier molecular flexibility index (Phi) is 4.34. The van der Waals surface area contributed by atoms with Crippen molar-refractivity contribution in [2.24, 2.45) is 0 Å². The van der Waals surface area contributed by atoms with Crippen molar-refractivity contribution in [1.29, 1.82) is 0 Å². The van der Waals surface area contributed by atoms with Crippen LogP contribution in [0.15, 0.2) is 42.6 Å². The van der Waals surface area contributed by atoms with Crippen LogP contribution in [0.2, 0.25) is 5.02 Å². The monoisotopic (exact) mass is 349 g/mol. The molecular formula is C17H14ClF2N3O. The zero-order chi connectivity index (χ0) is 17.3. The van der Waals surface area contributed by atoms with Gasteiger partial charge in [-0.2, -0.15) is 0 Å². The van der Waals surface area contributed by atoms with Crippen LogP contribution >= 0.6 is 11.6 Å². The topological polar surface area (TPSA) is 58.0 Å². The molecule has 0 spiro atoms. The molecule has 0 radical (unpaired) electrons. The second-order valence-electron chi connectivity index (χ2n) is 5.62. The van der Waals surface area contributed by atoms with E-state index in [1.807, 2.05) is 0 Å². The van der Waals surface area contributed by atoms with Crippen LogP contribution in [0.3, 0.4) is 0 Å². The molecule has 0 bridgehead atoms. The lowest BCUT2D eigenvalue weighted by Crippen LogP contribution is -2.31. The van der Waals surface area contributed by atoms with E-state index < -0.39 is 17.2 Å². The standard InChI is InChI=1S/C17H14ClF2N3O/c1-17(24,10-4-2-3-5-11(10)18)9-22-16-8-21-14-6-12(19)13(20)7-15(14)23-16/h2-8,24H,9H2,1H3,(H,22,23). The van der Waals surface area contributed by atoms with Gasteiger partial charge >= 0.3 is 0 Å². The van der Waals surface area contributed by atoms with Gasteiger partial charge in [-0.3, -0.25) is 4.98 Å². The average Bonchev–Trinajstić information content (AvgIpc) is 2.54. The van der Waals surface area contributed by atoms with Crippen molar-refractivity contribution in [2.75, 3.05) is 11.9 Å². The van der Waals surface area contributed by atoms with Crippen molar-refractivity contribution in [3.63, 3.8) is 0 Å². The summed E-state index contributed by atoms with van der Waals surface area (Å²) in [6.07, 6.45) is 1.39. The highest BCUT2D eigenvalue weighted by Crippen LogP contribution is 2.28. The molecule has 0 saturated heterocycles. The van der Waals surface area contributed by atoms with E-state index in [1.165, 1.54) is 6.20 Å². The first-order valence-electron chi connectivity index (χ1n) is 7.20. The molecule has 0 aliphatic heterocycles. The number of nitrogens with zero attached hydrogens (tertiary/aromatic N) is 2. The number of rotatable bonds is 4. The number of anilines is 1. The summed E-state index contributed by atoms with van der Waals surface area (Å²) in [6.45, 7) is 1.73. The number of hydrogen-bond acceptors (Lipinski definition) is 4. The van der Waals surface area contributed by atoms with Gasteiger partial charge in [0.15, 0.2) is 11.6 Å². The summed E-state index contributed by atoms with van der Waals surface area (Å²) in [5.74, 6) is -1.63. The molecule has 1 heterocycles. The van der Waals surface area contributed by atoms with E-state index in [4.69, 9.17) is 11.6 Å². The maximum absolute atomic E-state index is 13.3. The molecule has 24 heavy (non-hydrogen) atoms. The molecule has 0 saturated carbocycles. The number of aromatic nitrogens is 2. The van der Waals surface area contributed by atoms with E-state index in [2.05, 4.69) is 15.3 Å². The number of hydrogen-bond donors (Lipinski definition) is 2. The molecule has 0 fully saturated rings. The Bertz CT molecular complexity index is 902. The minimum Gasteiger partial charge on any atom is -0.384 e. The van der Waals surface area contributed by atoms with Crippen molar-refractivity contribution < 1.29 is 13.9 Å². The van der Waals surface area contributed by atoms with Crippen LogP contribution in [0.5, 0.6) is 0 Å². The number of benzene rings is 2. The Morgan fingerprint density at radius 2 is 1.83 bits per heavy atom. The lowest BCUT2D eigenvalue weighted by Gasteiger charge is -2.25. The molecule has 3 rings (SSSR count). The highest BCUT2D eigenvalue weighted by atomic mass is 35.5. The smallest absolute Gasteiger partial charge is 0.161 e. The third-order valence-corrected chi connectivity index (χ3v) is 3.98. The van der Waals surface area contributed by atoms with Gasteiger partial charge in [0, 0.05) is 29.3 Å². The maximum Gasteiger partial charge on any atom is 0.161 e. The minimum absolute atomic E-state index is 0.112. The molecule has 0 aliphatic rings. The Labute approximate surface area is 142 Å². The van der Waals surface area contributed by atoms with Gasteiger partial charge in [0.1, 0.15) is 11.4 Å². The third-order valence-electron chi connectivity index (χ3n) is 3.65. The predicted molar refractivity (Wildman–Crippen MR) is 89.0 cm³/mol. The number of fused-ring (bicyclic) bond motifs is 1. The van der Waals surface area contributed by atoms with Crippen molar-refractivity contribution in [1.82, 2.24) is 9.97 Å². The van der Waals surface area contributed by atoms with Gasteiger partial charge in [0.25, 0.3) is 0 Å². The normalized spacial score (nSPS) is 13.7. The first-order valence-corrected chi connectivity index (χ1v) is 7.58. The summed E-state index contributed by atoms with van der Waals surface area (Å²) in [6, 6.07) is 8.95. The van der Waals surface area contributed by atoms with Gasteiger partial charge < -0.3 is 10.4 Å². The molecule has 3 aromatic rings. The summed E-state index contributed by atoms with van der Waals surface area (Å²) in [4.78, 5) is 8.21. The Balaban J connectivity index is 1.82. The van der Waals surface area contributed by atoms with Gasteiger partial charge in [-0.15, -0.1) is 0 Å². The molecule has 2 aromatic carbocycles. The summed E-state index contributed by atoms with van der Waals surface area (Å²) in [5.41, 5.74) is -0.210. The third kappa shape index (κ3) is 3.29. The van der Waals surface area contributed by atoms with Gasteiger partial charge in [0.05, 0.1) is 17.2 Å². The summed E-state index contributed by atoms with van der Waals surface area (Å²) in [7, 11) is 0. The molecule has 124 valence electrons. The molecule has 0 aliphatic carbocycles. The summed E-state index contributed by atoms with van der Waals surface area (Å²) in [5, 5.41) is 14.0. The fourth-order valence-corrected chi connectivity index (χ4v) is 2.69. The first kappa shape index (κ1) is 16.5.